The molecule has 1 heterocycles. The maximum Gasteiger partial charge on any atom is 0.169 e. The van der Waals surface area contributed by atoms with Gasteiger partial charge in [-0.1, -0.05) is 55.8 Å². The lowest BCUT2D eigenvalue weighted by molar-refractivity contribution is 0.0779. The molecule has 0 aliphatic carbocycles. The predicted molar refractivity (Wildman–Crippen MR) is 90.2 cm³/mol. The van der Waals surface area contributed by atoms with Crippen LogP contribution >= 0.6 is 22.9 Å². The van der Waals surface area contributed by atoms with Crippen molar-refractivity contribution in [3.05, 3.63) is 57.2 Å². The molecule has 112 valence electrons. The van der Waals surface area contributed by atoms with Crippen molar-refractivity contribution in [2.75, 3.05) is 13.6 Å². The maximum absolute atomic E-state index is 12.6. The first kappa shape index (κ1) is 16.2. The quantitative estimate of drug-likeness (QED) is 0.716. The van der Waals surface area contributed by atoms with Crippen LogP contribution in [0.25, 0.3) is 0 Å². The molecule has 0 aliphatic rings. The smallest absolute Gasteiger partial charge is 0.169 e. The van der Waals surface area contributed by atoms with Crippen molar-refractivity contribution in [3.8, 4) is 0 Å². The number of nitrogens with zero attached hydrogens (tertiary/aromatic N) is 1. The third-order valence-electron chi connectivity index (χ3n) is 3.37. The van der Waals surface area contributed by atoms with Crippen molar-refractivity contribution >= 4 is 28.7 Å². The summed E-state index contributed by atoms with van der Waals surface area (Å²) in [7, 11) is 2.04. The Morgan fingerprint density at radius 2 is 1.86 bits per heavy atom. The van der Waals surface area contributed by atoms with E-state index in [2.05, 4.69) is 4.90 Å². The van der Waals surface area contributed by atoms with Gasteiger partial charge in [-0.2, -0.15) is 0 Å². The zero-order valence-corrected chi connectivity index (χ0v) is 14.2. The number of rotatable bonds is 6. The summed E-state index contributed by atoms with van der Waals surface area (Å²) in [6.07, 6.45) is 0. The Kier molecular flexibility index (Phi) is 5.20. The number of ketones is 1. The topological polar surface area (TPSA) is 20.3 Å². The van der Waals surface area contributed by atoms with Crippen molar-refractivity contribution in [2.24, 2.45) is 5.41 Å². The number of carbonyl (C=O) groups excluding carboxylic acids is 1. The highest BCUT2D eigenvalue weighted by atomic mass is 35.5. The molecular weight excluding hydrogens is 302 g/mol. The molecule has 0 bridgehead atoms. The zero-order valence-electron chi connectivity index (χ0n) is 12.6. The molecule has 2 nitrogen and oxygen atoms in total. The average molecular weight is 322 g/mol. The lowest BCUT2D eigenvalue weighted by Gasteiger charge is -2.29. The summed E-state index contributed by atoms with van der Waals surface area (Å²) in [5.41, 5.74) is 0.354. The second-order valence-electron chi connectivity index (χ2n) is 5.96. The van der Waals surface area contributed by atoms with Crippen LogP contribution in [-0.2, 0) is 6.54 Å². The Bertz CT molecular complexity index is 606. The third-order valence-corrected chi connectivity index (χ3v) is 4.59. The molecule has 0 radical (unpaired) electrons. The van der Waals surface area contributed by atoms with Gasteiger partial charge in [0.1, 0.15) is 0 Å². The molecule has 0 aliphatic heterocycles. The standard InChI is InChI=1S/C17H20ClNOS/c1-17(2,16(20)13-7-5-4-6-8-13)12-19(3)11-14-9-10-15(18)21-14/h4-10H,11-12H2,1-3H3. The monoisotopic (exact) mass is 321 g/mol. The number of carbonyl (C=O) groups is 1. The van der Waals surface area contributed by atoms with Crippen LogP contribution in [0.1, 0.15) is 29.1 Å². The first-order valence-corrected chi connectivity index (χ1v) is 8.10. The lowest BCUT2D eigenvalue weighted by Crippen LogP contribution is -2.37. The summed E-state index contributed by atoms with van der Waals surface area (Å²) in [4.78, 5) is 16.0. The maximum atomic E-state index is 12.6. The van der Waals surface area contributed by atoms with Gasteiger partial charge in [0.25, 0.3) is 0 Å². The van der Waals surface area contributed by atoms with E-state index in [1.165, 1.54) is 4.88 Å². The highest BCUT2D eigenvalue weighted by Crippen LogP contribution is 2.26. The molecule has 21 heavy (non-hydrogen) atoms. The van der Waals surface area contributed by atoms with Crippen molar-refractivity contribution in [1.82, 2.24) is 4.90 Å². The summed E-state index contributed by atoms with van der Waals surface area (Å²) >= 11 is 7.54. The van der Waals surface area contributed by atoms with Crippen LogP contribution in [0.2, 0.25) is 4.34 Å². The largest absolute Gasteiger partial charge is 0.300 e. The normalized spacial score (nSPS) is 11.9. The fourth-order valence-electron chi connectivity index (χ4n) is 2.49. The Hall–Kier alpha value is -1.16. The molecule has 0 amide bonds. The molecular formula is C17H20ClNOS. The first-order chi connectivity index (χ1) is 9.88. The van der Waals surface area contributed by atoms with Crippen LogP contribution in [0.3, 0.4) is 0 Å². The highest BCUT2D eigenvalue weighted by Gasteiger charge is 2.29. The Morgan fingerprint density at radius 3 is 2.43 bits per heavy atom. The molecule has 2 aromatic rings. The van der Waals surface area contributed by atoms with Crippen LogP contribution in [-0.4, -0.2) is 24.3 Å². The summed E-state index contributed by atoms with van der Waals surface area (Å²) in [5.74, 6) is 0.180. The predicted octanol–water partition coefficient (Wildman–Crippen LogP) is 4.74. The lowest BCUT2D eigenvalue weighted by atomic mass is 9.84. The van der Waals surface area contributed by atoms with E-state index in [0.717, 1.165) is 16.4 Å². The van der Waals surface area contributed by atoms with Gasteiger partial charge in [-0.3, -0.25) is 4.79 Å². The summed E-state index contributed by atoms with van der Waals surface area (Å²) in [6, 6.07) is 13.4. The second kappa shape index (κ2) is 6.73. The average Bonchev–Trinajstić information content (AvgIpc) is 2.83. The van der Waals surface area contributed by atoms with Crippen LogP contribution in [0.15, 0.2) is 42.5 Å². The van der Waals surface area contributed by atoms with E-state index < -0.39 is 5.41 Å². The van der Waals surface area contributed by atoms with Gasteiger partial charge in [0.15, 0.2) is 5.78 Å². The van der Waals surface area contributed by atoms with Crippen molar-refractivity contribution in [3.63, 3.8) is 0 Å². The van der Waals surface area contributed by atoms with Crippen molar-refractivity contribution in [1.29, 1.82) is 0 Å². The summed E-state index contributed by atoms with van der Waals surface area (Å²) in [5, 5.41) is 0. The molecule has 0 fully saturated rings. The van der Waals surface area contributed by atoms with Gasteiger partial charge in [-0.05, 0) is 19.2 Å². The highest BCUT2D eigenvalue weighted by molar-refractivity contribution is 7.16. The fourth-order valence-corrected chi connectivity index (χ4v) is 3.65. The van der Waals surface area contributed by atoms with Gasteiger partial charge in [0.05, 0.1) is 4.34 Å². The van der Waals surface area contributed by atoms with Gasteiger partial charge >= 0.3 is 0 Å². The van der Waals surface area contributed by atoms with Crippen LogP contribution < -0.4 is 0 Å². The van der Waals surface area contributed by atoms with E-state index in [1.54, 1.807) is 11.3 Å². The van der Waals surface area contributed by atoms with Gasteiger partial charge < -0.3 is 4.90 Å². The molecule has 0 spiro atoms. The minimum Gasteiger partial charge on any atom is -0.300 e. The van der Waals surface area contributed by atoms with Crippen molar-refractivity contribution in [2.45, 2.75) is 20.4 Å². The van der Waals surface area contributed by atoms with E-state index in [1.807, 2.05) is 63.4 Å². The Morgan fingerprint density at radius 1 is 1.19 bits per heavy atom. The number of halogens is 1. The third kappa shape index (κ3) is 4.40. The van der Waals surface area contributed by atoms with Crippen LogP contribution in [0.4, 0.5) is 0 Å². The molecule has 0 saturated heterocycles. The molecule has 0 atom stereocenters. The summed E-state index contributed by atoms with van der Waals surface area (Å²) in [6.45, 7) is 5.51. The van der Waals surface area contributed by atoms with Gasteiger partial charge in [-0.25, -0.2) is 0 Å². The second-order valence-corrected chi connectivity index (χ2v) is 7.76. The van der Waals surface area contributed by atoms with E-state index >= 15 is 0 Å². The number of hydrogen-bond donors (Lipinski definition) is 0. The van der Waals surface area contributed by atoms with Gasteiger partial charge in [0, 0.05) is 28.9 Å². The Labute approximate surface area is 135 Å². The summed E-state index contributed by atoms with van der Waals surface area (Å²) < 4.78 is 0.804. The number of thiophene rings is 1. The first-order valence-electron chi connectivity index (χ1n) is 6.91. The Balaban J connectivity index is 2.01. The number of benzene rings is 1. The van der Waals surface area contributed by atoms with Gasteiger partial charge in [-0.15, -0.1) is 11.3 Å². The van der Waals surface area contributed by atoms with E-state index in [-0.39, 0.29) is 5.78 Å². The molecule has 0 N–H and O–H groups in total. The molecule has 2 rings (SSSR count). The SMILES string of the molecule is CN(Cc1ccc(Cl)s1)CC(C)(C)C(=O)c1ccccc1. The number of Topliss-reactive ketones (excluding diaryl/α,β-unsaturated/α-hetero) is 1. The zero-order chi connectivity index (χ0) is 15.5. The molecule has 0 saturated carbocycles. The van der Waals surface area contributed by atoms with Crippen molar-refractivity contribution < 1.29 is 4.79 Å². The van der Waals surface area contributed by atoms with E-state index in [0.29, 0.717) is 6.54 Å². The number of hydrogen-bond acceptors (Lipinski definition) is 3. The molecule has 1 aromatic carbocycles. The van der Waals surface area contributed by atoms with E-state index in [9.17, 15) is 4.79 Å². The fraction of sp³-hybridized carbons (Fsp3) is 0.353. The van der Waals surface area contributed by atoms with Gasteiger partial charge in [0.2, 0.25) is 0 Å². The molecule has 4 heteroatoms. The molecule has 1 aromatic heterocycles. The minimum absolute atomic E-state index is 0.180. The van der Waals surface area contributed by atoms with Crippen LogP contribution in [0, 0.1) is 5.41 Å². The molecule has 0 unspecified atom stereocenters. The minimum atomic E-state index is -0.419. The van der Waals surface area contributed by atoms with E-state index in [4.69, 9.17) is 11.6 Å². The van der Waals surface area contributed by atoms with Crippen LogP contribution in [0.5, 0.6) is 0 Å².